The Morgan fingerprint density at radius 3 is 2.26 bits per heavy atom. The average Bonchev–Trinajstić information content (AvgIpc) is 2.93. The third-order valence-electron chi connectivity index (χ3n) is 6.63. The second kappa shape index (κ2) is 10.4. The van der Waals surface area contributed by atoms with Crippen molar-refractivity contribution in [1.29, 1.82) is 0 Å². The summed E-state index contributed by atoms with van der Waals surface area (Å²) in [5.41, 5.74) is 1.95. The average molecular weight is 517 g/mol. The largest absolute Gasteiger partial charge is 0.497 e. The minimum atomic E-state index is -0.942. The number of rotatable bonds is 6. The first-order valence-corrected chi connectivity index (χ1v) is 11.9. The van der Waals surface area contributed by atoms with E-state index in [1.807, 2.05) is 0 Å². The molecule has 1 heterocycles. The molecule has 5 rings (SSSR count). The Morgan fingerprint density at radius 1 is 0.895 bits per heavy atom. The summed E-state index contributed by atoms with van der Waals surface area (Å²) in [4.78, 5) is 29.2. The van der Waals surface area contributed by atoms with Crippen molar-refractivity contribution >= 4 is 17.5 Å². The zero-order valence-electron chi connectivity index (χ0n) is 20.3. The molecule has 2 amide bonds. The van der Waals surface area contributed by atoms with Crippen molar-refractivity contribution in [3.05, 3.63) is 131 Å². The van der Waals surface area contributed by atoms with E-state index in [2.05, 4.69) is 5.32 Å². The van der Waals surface area contributed by atoms with Crippen LogP contribution in [-0.4, -0.2) is 23.8 Å². The van der Waals surface area contributed by atoms with Crippen molar-refractivity contribution in [2.75, 3.05) is 12.4 Å². The predicted molar refractivity (Wildman–Crippen MR) is 136 cm³/mol. The van der Waals surface area contributed by atoms with Gasteiger partial charge in [-0.1, -0.05) is 42.5 Å². The van der Waals surface area contributed by atoms with Crippen molar-refractivity contribution in [3.8, 4) is 5.75 Å². The summed E-state index contributed by atoms with van der Waals surface area (Å²) in [6.07, 6.45) is 0. The summed E-state index contributed by atoms with van der Waals surface area (Å²) in [6.45, 7) is 0.0961. The van der Waals surface area contributed by atoms with E-state index < -0.39 is 35.3 Å². The van der Waals surface area contributed by atoms with Crippen LogP contribution in [0.15, 0.2) is 91.0 Å². The molecule has 0 aliphatic carbocycles. The SMILES string of the molecule is COc1ccc([C@@H]2[C@@H](C(=O)Nc3ccc(F)cc3F)c3ccccc3C(=O)N2Cc2ccc(F)cc2)cc1. The lowest BCUT2D eigenvalue weighted by atomic mass is 9.79. The Bertz CT molecular complexity index is 1490. The third kappa shape index (κ3) is 4.85. The first-order chi connectivity index (χ1) is 18.4. The van der Waals surface area contributed by atoms with Gasteiger partial charge in [0.25, 0.3) is 5.91 Å². The topological polar surface area (TPSA) is 58.6 Å². The van der Waals surface area contributed by atoms with Crippen LogP contribution in [0.5, 0.6) is 5.75 Å². The van der Waals surface area contributed by atoms with Crippen LogP contribution in [0.4, 0.5) is 18.9 Å². The minimum Gasteiger partial charge on any atom is -0.497 e. The molecule has 1 aliphatic heterocycles. The fourth-order valence-corrected chi connectivity index (χ4v) is 4.81. The summed E-state index contributed by atoms with van der Waals surface area (Å²) in [5, 5.41) is 2.58. The van der Waals surface area contributed by atoms with Gasteiger partial charge < -0.3 is 15.0 Å². The second-order valence-corrected chi connectivity index (χ2v) is 8.96. The first-order valence-electron chi connectivity index (χ1n) is 11.9. The fourth-order valence-electron chi connectivity index (χ4n) is 4.81. The molecule has 0 saturated carbocycles. The molecule has 0 aromatic heterocycles. The number of benzene rings is 4. The lowest BCUT2D eigenvalue weighted by Crippen LogP contribution is -2.45. The molecule has 8 heteroatoms. The molecule has 0 spiro atoms. The van der Waals surface area contributed by atoms with Gasteiger partial charge in [0.2, 0.25) is 5.91 Å². The van der Waals surface area contributed by atoms with E-state index in [9.17, 15) is 22.8 Å². The molecule has 4 aromatic carbocycles. The zero-order chi connectivity index (χ0) is 26.8. The number of hydrogen-bond donors (Lipinski definition) is 1. The smallest absolute Gasteiger partial charge is 0.255 e. The number of methoxy groups -OCH3 is 1. The van der Waals surface area contributed by atoms with Gasteiger partial charge in [0.15, 0.2) is 0 Å². The summed E-state index contributed by atoms with van der Waals surface area (Å²) in [7, 11) is 1.53. The summed E-state index contributed by atoms with van der Waals surface area (Å²) < 4.78 is 46.8. The quantitative estimate of drug-likeness (QED) is 0.331. The first kappa shape index (κ1) is 25.1. The highest BCUT2D eigenvalue weighted by molar-refractivity contribution is 6.04. The molecule has 0 bridgehead atoms. The minimum absolute atomic E-state index is 0.0961. The van der Waals surface area contributed by atoms with Gasteiger partial charge >= 0.3 is 0 Å². The third-order valence-corrected chi connectivity index (χ3v) is 6.63. The Labute approximate surface area is 217 Å². The van der Waals surface area contributed by atoms with E-state index in [0.29, 0.717) is 34.1 Å². The van der Waals surface area contributed by atoms with Crippen LogP contribution >= 0.6 is 0 Å². The van der Waals surface area contributed by atoms with Gasteiger partial charge in [-0.15, -0.1) is 0 Å². The zero-order valence-corrected chi connectivity index (χ0v) is 20.3. The number of ether oxygens (including phenoxy) is 1. The van der Waals surface area contributed by atoms with Gasteiger partial charge in [-0.25, -0.2) is 13.2 Å². The molecule has 1 aliphatic rings. The molecular formula is C30H23F3N2O3. The van der Waals surface area contributed by atoms with E-state index in [4.69, 9.17) is 4.74 Å². The standard InChI is InChI=1S/C30H23F3N2O3/c1-38-22-13-8-19(9-14-22)28-27(29(36)34-26-15-12-21(32)16-25(26)33)23-4-2-3-5-24(23)30(37)35(28)17-18-6-10-20(31)11-7-18/h2-16,27-28H,17H2,1H3,(H,34,36)/t27-,28+/m0/s1. The highest BCUT2D eigenvalue weighted by atomic mass is 19.1. The predicted octanol–water partition coefficient (Wildman–Crippen LogP) is 6.23. The summed E-state index contributed by atoms with van der Waals surface area (Å²) in [6, 6.07) is 21.6. The normalized spacial score (nSPS) is 16.6. The molecule has 0 unspecified atom stereocenters. The fraction of sp³-hybridized carbons (Fsp3) is 0.133. The van der Waals surface area contributed by atoms with Crippen LogP contribution < -0.4 is 10.1 Å². The van der Waals surface area contributed by atoms with Crippen molar-refractivity contribution in [1.82, 2.24) is 4.90 Å². The maximum absolute atomic E-state index is 14.5. The molecule has 5 nitrogen and oxygen atoms in total. The molecule has 1 N–H and O–H groups in total. The van der Waals surface area contributed by atoms with Crippen LogP contribution in [0.3, 0.4) is 0 Å². The van der Waals surface area contributed by atoms with E-state index in [-0.39, 0.29) is 18.1 Å². The Kier molecular flexibility index (Phi) is 6.87. The van der Waals surface area contributed by atoms with Gasteiger partial charge in [0, 0.05) is 18.2 Å². The number of anilines is 1. The molecule has 4 aromatic rings. The molecule has 2 atom stereocenters. The van der Waals surface area contributed by atoms with Gasteiger partial charge in [-0.3, -0.25) is 9.59 Å². The van der Waals surface area contributed by atoms with E-state index >= 15 is 0 Å². The Hall–Kier alpha value is -4.59. The molecular weight excluding hydrogens is 493 g/mol. The van der Waals surface area contributed by atoms with Crippen molar-refractivity contribution < 1.29 is 27.5 Å². The molecule has 38 heavy (non-hydrogen) atoms. The number of nitrogens with one attached hydrogen (secondary N) is 1. The highest BCUT2D eigenvalue weighted by Crippen LogP contribution is 2.44. The van der Waals surface area contributed by atoms with E-state index in [1.54, 1.807) is 65.6 Å². The van der Waals surface area contributed by atoms with Crippen molar-refractivity contribution in [2.24, 2.45) is 0 Å². The molecule has 0 saturated heterocycles. The number of hydrogen-bond acceptors (Lipinski definition) is 3. The maximum atomic E-state index is 14.5. The number of fused-ring (bicyclic) bond motifs is 1. The lowest BCUT2D eigenvalue weighted by molar-refractivity contribution is -0.119. The highest BCUT2D eigenvalue weighted by Gasteiger charge is 2.44. The van der Waals surface area contributed by atoms with Gasteiger partial charge in [0.05, 0.1) is 24.8 Å². The van der Waals surface area contributed by atoms with E-state index in [1.165, 1.54) is 19.2 Å². The van der Waals surface area contributed by atoms with Crippen LogP contribution in [-0.2, 0) is 11.3 Å². The number of carbonyl (C=O) groups is 2. The molecule has 192 valence electrons. The Balaban J connectivity index is 1.64. The number of carbonyl (C=O) groups excluding carboxylic acids is 2. The van der Waals surface area contributed by atoms with Crippen LogP contribution in [0.2, 0.25) is 0 Å². The summed E-state index contributed by atoms with van der Waals surface area (Å²) in [5.74, 6) is -3.31. The Morgan fingerprint density at radius 2 is 1.58 bits per heavy atom. The number of halogens is 3. The lowest BCUT2D eigenvalue weighted by Gasteiger charge is -2.42. The van der Waals surface area contributed by atoms with Gasteiger partial charge in [-0.2, -0.15) is 0 Å². The van der Waals surface area contributed by atoms with Crippen LogP contribution in [0.1, 0.15) is 39.0 Å². The molecule has 0 radical (unpaired) electrons. The van der Waals surface area contributed by atoms with Crippen molar-refractivity contribution in [3.63, 3.8) is 0 Å². The molecule has 0 fully saturated rings. The van der Waals surface area contributed by atoms with Crippen molar-refractivity contribution in [2.45, 2.75) is 18.5 Å². The maximum Gasteiger partial charge on any atom is 0.255 e. The van der Waals surface area contributed by atoms with Gasteiger partial charge in [0.1, 0.15) is 23.2 Å². The number of amides is 2. The monoisotopic (exact) mass is 516 g/mol. The van der Waals surface area contributed by atoms with Crippen LogP contribution in [0, 0.1) is 17.5 Å². The van der Waals surface area contributed by atoms with Crippen LogP contribution in [0.25, 0.3) is 0 Å². The number of nitrogens with zero attached hydrogens (tertiary/aromatic N) is 1. The second-order valence-electron chi connectivity index (χ2n) is 8.96. The summed E-state index contributed by atoms with van der Waals surface area (Å²) >= 11 is 0. The van der Waals surface area contributed by atoms with Gasteiger partial charge in [-0.05, 0) is 59.2 Å². The van der Waals surface area contributed by atoms with E-state index in [0.717, 1.165) is 12.1 Å².